The van der Waals surface area contributed by atoms with Gasteiger partial charge in [-0.1, -0.05) is 23.8 Å². The SMILES string of the molecule is CP(=O)(O)CCC/C=C\CC1C(NS(=O)(=O)c2ccc(Cl)cc2)[C@H]2CC[C@@H]1C2. The van der Waals surface area contributed by atoms with Crippen LogP contribution in [0.1, 0.15) is 38.5 Å². The fourth-order valence-corrected chi connectivity index (χ4v) is 6.92. The third-order valence-electron chi connectivity index (χ3n) is 6.02. The van der Waals surface area contributed by atoms with Gasteiger partial charge in [0.05, 0.1) is 4.90 Å². The maximum absolute atomic E-state index is 12.8. The second-order valence-corrected chi connectivity index (χ2v) is 12.9. The minimum Gasteiger partial charge on any atom is -0.344 e. The van der Waals surface area contributed by atoms with Crippen molar-refractivity contribution >= 4 is 29.0 Å². The van der Waals surface area contributed by atoms with Gasteiger partial charge in [0, 0.05) is 23.9 Å². The van der Waals surface area contributed by atoms with Crippen LogP contribution < -0.4 is 4.72 Å². The van der Waals surface area contributed by atoms with Crippen molar-refractivity contribution in [3.8, 4) is 0 Å². The van der Waals surface area contributed by atoms with Crippen LogP contribution in [0.4, 0.5) is 0 Å². The minimum absolute atomic E-state index is 0.0302. The van der Waals surface area contributed by atoms with Crippen LogP contribution in [0.5, 0.6) is 0 Å². The van der Waals surface area contributed by atoms with E-state index in [1.54, 1.807) is 24.3 Å². The molecule has 28 heavy (non-hydrogen) atoms. The fraction of sp³-hybridized carbons (Fsp3) is 0.600. The summed E-state index contributed by atoms with van der Waals surface area (Å²) < 4.78 is 39.9. The van der Waals surface area contributed by atoms with Crippen molar-refractivity contribution in [1.29, 1.82) is 0 Å². The summed E-state index contributed by atoms with van der Waals surface area (Å²) in [4.78, 5) is 9.58. The Morgan fingerprint density at radius 3 is 2.57 bits per heavy atom. The molecule has 1 aromatic carbocycles. The molecule has 0 radical (unpaired) electrons. The standard InChI is InChI=1S/C20H29ClNO4PS/c1-27(23,24)13-5-3-2-4-6-19-15-7-8-16(14-15)20(19)22-28(25,26)18-11-9-17(21)10-12-18/h2,4,9-12,15-16,19-20,22H,3,5-8,13-14H2,1H3,(H,23,24)/b4-2-/t15-,16+,19?,20?/m1/s1. The van der Waals surface area contributed by atoms with E-state index >= 15 is 0 Å². The van der Waals surface area contributed by atoms with Crippen molar-refractivity contribution in [2.75, 3.05) is 12.8 Å². The molecule has 156 valence electrons. The van der Waals surface area contributed by atoms with Crippen LogP contribution in [0, 0.1) is 17.8 Å². The average Bonchev–Trinajstić information content (AvgIpc) is 3.19. The van der Waals surface area contributed by atoms with Crippen molar-refractivity contribution in [2.24, 2.45) is 17.8 Å². The molecular weight excluding hydrogens is 417 g/mol. The van der Waals surface area contributed by atoms with E-state index in [4.69, 9.17) is 11.6 Å². The summed E-state index contributed by atoms with van der Waals surface area (Å²) in [6, 6.07) is 6.25. The zero-order valence-corrected chi connectivity index (χ0v) is 18.6. The van der Waals surface area contributed by atoms with Gasteiger partial charge in [0.25, 0.3) is 0 Å². The molecule has 0 saturated heterocycles. The van der Waals surface area contributed by atoms with Gasteiger partial charge in [-0.3, -0.25) is 4.57 Å². The maximum atomic E-state index is 12.8. The van der Waals surface area contributed by atoms with Gasteiger partial charge in [0.2, 0.25) is 10.0 Å². The zero-order valence-electron chi connectivity index (χ0n) is 16.1. The van der Waals surface area contributed by atoms with E-state index in [1.807, 2.05) is 0 Å². The molecule has 2 fully saturated rings. The molecule has 2 N–H and O–H groups in total. The summed E-state index contributed by atoms with van der Waals surface area (Å²) in [6.07, 6.45) is 10.2. The number of nitrogens with one attached hydrogen (secondary N) is 1. The molecule has 2 saturated carbocycles. The highest BCUT2D eigenvalue weighted by Gasteiger charge is 2.48. The van der Waals surface area contributed by atoms with Crippen molar-refractivity contribution in [2.45, 2.75) is 49.5 Å². The fourth-order valence-electron chi connectivity index (χ4n) is 4.67. The van der Waals surface area contributed by atoms with Crippen LogP contribution in [-0.2, 0) is 14.6 Å². The van der Waals surface area contributed by atoms with Crippen LogP contribution in [0.3, 0.4) is 0 Å². The van der Waals surface area contributed by atoms with Gasteiger partial charge in [0.15, 0.2) is 7.37 Å². The predicted molar refractivity (Wildman–Crippen MR) is 113 cm³/mol. The molecule has 2 bridgehead atoms. The Labute approximate surface area is 173 Å². The lowest BCUT2D eigenvalue weighted by Crippen LogP contribution is -2.43. The Morgan fingerprint density at radius 2 is 1.89 bits per heavy atom. The van der Waals surface area contributed by atoms with Crippen molar-refractivity contribution < 1.29 is 17.9 Å². The molecule has 2 aliphatic rings. The molecule has 2 aliphatic carbocycles. The van der Waals surface area contributed by atoms with Crippen LogP contribution in [0.2, 0.25) is 5.02 Å². The van der Waals surface area contributed by atoms with Gasteiger partial charge in [-0.05, 0) is 80.5 Å². The summed E-state index contributed by atoms with van der Waals surface area (Å²) in [6.45, 7) is 1.39. The molecule has 0 spiro atoms. The highest BCUT2D eigenvalue weighted by atomic mass is 35.5. The quantitative estimate of drug-likeness (QED) is 0.329. The van der Waals surface area contributed by atoms with Crippen molar-refractivity contribution in [3.63, 3.8) is 0 Å². The van der Waals surface area contributed by atoms with E-state index in [2.05, 4.69) is 16.9 Å². The molecular formula is C20H29ClNO4PS. The normalized spacial score (nSPS) is 29.4. The lowest BCUT2D eigenvalue weighted by molar-refractivity contribution is 0.274. The van der Waals surface area contributed by atoms with Gasteiger partial charge in [-0.2, -0.15) is 0 Å². The Hall–Kier alpha value is -0.650. The summed E-state index contributed by atoms with van der Waals surface area (Å²) in [5.74, 6) is 1.29. The summed E-state index contributed by atoms with van der Waals surface area (Å²) in [5.41, 5.74) is 0. The minimum atomic E-state index is -3.56. The Balaban J connectivity index is 1.60. The Morgan fingerprint density at radius 1 is 1.21 bits per heavy atom. The summed E-state index contributed by atoms with van der Waals surface area (Å²) in [7, 11) is -6.49. The molecule has 8 heteroatoms. The van der Waals surface area contributed by atoms with Crippen LogP contribution in [-0.4, -0.2) is 32.2 Å². The van der Waals surface area contributed by atoms with Gasteiger partial charge in [-0.25, -0.2) is 13.1 Å². The van der Waals surface area contributed by atoms with Crippen LogP contribution >= 0.6 is 19.0 Å². The number of sulfonamides is 1. The monoisotopic (exact) mass is 445 g/mol. The maximum Gasteiger partial charge on any atom is 0.240 e. The first-order valence-corrected chi connectivity index (χ1v) is 14.0. The molecule has 0 amide bonds. The van der Waals surface area contributed by atoms with E-state index in [1.165, 1.54) is 13.1 Å². The largest absolute Gasteiger partial charge is 0.344 e. The van der Waals surface area contributed by atoms with E-state index in [-0.39, 0.29) is 10.9 Å². The molecule has 1 aromatic rings. The number of unbranched alkanes of at least 4 members (excludes halogenated alkanes) is 1. The highest BCUT2D eigenvalue weighted by Crippen LogP contribution is 2.50. The number of hydrogen-bond acceptors (Lipinski definition) is 3. The number of benzene rings is 1. The number of halogens is 1. The number of rotatable bonds is 9. The molecule has 0 heterocycles. The number of hydrogen-bond donors (Lipinski definition) is 2. The summed E-state index contributed by atoms with van der Waals surface area (Å²) in [5, 5.41) is 0.516. The second kappa shape index (κ2) is 9.01. The van der Waals surface area contributed by atoms with E-state index in [0.29, 0.717) is 35.4 Å². The van der Waals surface area contributed by atoms with Gasteiger partial charge >= 0.3 is 0 Å². The lowest BCUT2D eigenvalue weighted by Gasteiger charge is -2.31. The molecule has 5 nitrogen and oxygen atoms in total. The third kappa shape index (κ3) is 5.70. The first-order valence-electron chi connectivity index (χ1n) is 9.88. The smallest absolute Gasteiger partial charge is 0.240 e. The number of fused-ring (bicyclic) bond motifs is 2. The van der Waals surface area contributed by atoms with Crippen molar-refractivity contribution in [3.05, 3.63) is 41.4 Å². The molecule has 3 unspecified atom stereocenters. The predicted octanol–water partition coefficient (Wildman–Crippen LogP) is 4.66. The lowest BCUT2D eigenvalue weighted by atomic mass is 9.83. The average molecular weight is 446 g/mol. The van der Waals surface area contributed by atoms with Crippen LogP contribution in [0.25, 0.3) is 0 Å². The van der Waals surface area contributed by atoms with Gasteiger partial charge in [-0.15, -0.1) is 0 Å². The molecule has 0 aliphatic heterocycles. The van der Waals surface area contributed by atoms with E-state index < -0.39 is 17.4 Å². The third-order valence-corrected chi connectivity index (χ3v) is 8.90. The molecule has 5 atom stereocenters. The summed E-state index contributed by atoms with van der Waals surface area (Å²) >= 11 is 5.87. The highest BCUT2D eigenvalue weighted by molar-refractivity contribution is 7.89. The van der Waals surface area contributed by atoms with E-state index in [9.17, 15) is 17.9 Å². The number of allylic oxidation sites excluding steroid dienone is 2. The van der Waals surface area contributed by atoms with Crippen LogP contribution in [0.15, 0.2) is 41.3 Å². The van der Waals surface area contributed by atoms with E-state index in [0.717, 1.165) is 25.7 Å². The molecule has 3 rings (SSSR count). The first-order chi connectivity index (χ1) is 13.2. The first kappa shape index (κ1) is 22.0. The van der Waals surface area contributed by atoms with Gasteiger partial charge < -0.3 is 4.89 Å². The van der Waals surface area contributed by atoms with Crippen molar-refractivity contribution in [1.82, 2.24) is 4.72 Å². The Kier molecular flexibility index (Phi) is 7.09. The Bertz CT molecular complexity index is 849. The van der Waals surface area contributed by atoms with Gasteiger partial charge in [0.1, 0.15) is 0 Å². The zero-order chi connectivity index (χ0) is 20.4. The topological polar surface area (TPSA) is 83.5 Å². The molecule has 0 aromatic heterocycles. The second-order valence-electron chi connectivity index (χ2n) is 8.22.